The van der Waals surface area contributed by atoms with Crippen LogP contribution in [0.5, 0.6) is 0 Å². The predicted molar refractivity (Wildman–Crippen MR) is 91.0 cm³/mol. The number of halogens is 1. The summed E-state index contributed by atoms with van der Waals surface area (Å²) in [4.78, 5) is 1.33. The van der Waals surface area contributed by atoms with Crippen LogP contribution in [0, 0.1) is 0 Å². The molecule has 0 aliphatic rings. The van der Waals surface area contributed by atoms with Gasteiger partial charge in [-0.05, 0) is 50.1 Å². The van der Waals surface area contributed by atoms with Crippen molar-refractivity contribution < 1.29 is 0 Å². The fourth-order valence-corrected chi connectivity index (χ4v) is 2.98. The highest BCUT2D eigenvalue weighted by molar-refractivity contribution is 9.10. The third-order valence-corrected chi connectivity index (χ3v) is 4.69. The zero-order valence-corrected chi connectivity index (χ0v) is 14.3. The van der Waals surface area contributed by atoms with Crippen LogP contribution in [0.25, 0.3) is 0 Å². The lowest BCUT2D eigenvalue weighted by Gasteiger charge is -2.19. The van der Waals surface area contributed by atoms with Gasteiger partial charge in [0.1, 0.15) is 0 Å². The molecule has 0 fully saturated rings. The van der Waals surface area contributed by atoms with Crippen LogP contribution in [-0.4, -0.2) is 18.3 Å². The van der Waals surface area contributed by atoms with Crippen LogP contribution < -0.4 is 5.32 Å². The summed E-state index contributed by atoms with van der Waals surface area (Å²) in [6, 6.07) is 9.06. The van der Waals surface area contributed by atoms with Gasteiger partial charge in [0, 0.05) is 21.2 Å². The van der Waals surface area contributed by atoms with Crippen LogP contribution in [-0.2, 0) is 0 Å². The molecular formula is C16H24BrNS. The van der Waals surface area contributed by atoms with Crippen molar-refractivity contribution in [1.82, 2.24) is 5.32 Å². The molecule has 0 saturated heterocycles. The molecule has 0 saturated carbocycles. The molecule has 1 aromatic rings. The minimum absolute atomic E-state index is 0.529. The van der Waals surface area contributed by atoms with Crippen molar-refractivity contribution in [3.63, 3.8) is 0 Å². The van der Waals surface area contributed by atoms with Crippen LogP contribution in [0.15, 0.2) is 45.8 Å². The Morgan fingerprint density at radius 2 is 2.00 bits per heavy atom. The van der Waals surface area contributed by atoms with E-state index in [-0.39, 0.29) is 0 Å². The van der Waals surface area contributed by atoms with Crippen molar-refractivity contribution in [2.75, 3.05) is 12.3 Å². The summed E-state index contributed by atoms with van der Waals surface area (Å²) in [5.41, 5.74) is 1.34. The van der Waals surface area contributed by atoms with Crippen molar-refractivity contribution in [3.8, 4) is 0 Å². The van der Waals surface area contributed by atoms with E-state index in [1.54, 1.807) is 0 Å². The maximum absolute atomic E-state index is 4.13. The average Bonchev–Trinajstić information content (AvgIpc) is 2.43. The van der Waals surface area contributed by atoms with Crippen molar-refractivity contribution in [1.29, 1.82) is 0 Å². The van der Waals surface area contributed by atoms with E-state index in [0.717, 1.165) is 29.6 Å². The van der Waals surface area contributed by atoms with Gasteiger partial charge < -0.3 is 5.32 Å². The van der Waals surface area contributed by atoms with Crippen LogP contribution >= 0.6 is 27.7 Å². The molecule has 1 atom stereocenters. The second-order valence-electron chi connectivity index (χ2n) is 4.72. The highest BCUT2D eigenvalue weighted by Crippen LogP contribution is 2.23. The Kier molecular flexibility index (Phi) is 8.51. The van der Waals surface area contributed by atoms with Gasteiger partial charge in [0.2, 0.25) is 0 Å². The first kappa shape index (κ1) is 16.8. The van der Waals surface area contributed by atoms with E-state index in [2.05, 4.69) is 65.9 Å². The third kappa shape index (κ3) is 7.19. The molecule has 0 aliphatic carbocycles. The van der Waals surface area contributed by atoms with Gasteiger partial charge in [-0.25, -0.2) is 0 Å². The second-order valence-corrected chi connectivity index (χ2v) is 6.73. The molecule has 106 valence electrons. The molecule has 1 nitrogen and oxygen atoms in total. The quantitative estimate of drug-likeness (QED) is 0.485. The molecule has 19 heavy (non-hydrogen) atoms. The van der Waals surface area contributed by atoms with Crippen molar-refractivity contribution in [2.24, 2.45) is 0 Å². The summed E-state index contributed by atoms with van der Waals surface area (Å²) in [7, 11) is 0. The standard InChI is InChI=1S/C16H24BrNS/c1-4-10-18-15(11-13(3)5-2)12-19-16-8-6-14(17)7-9-16/h6-9,15,18H,3-5,10-12H2,1-2H3. The first-order valence-electron chi connectivity index (χ1n) is 6.94. The van der Waals surface area contributed by atoms with Gasteiger partial charge in [-0.15, -0.1) is 11.8 Å². The Hall–Kier alpha value is -0.250. The lowest BCUT2D eigenvalue weighted by atomic mass is 10.1. The molecule has 0 aliphatic heterocycles. The number of nitrogens with one attached hydrogen (secondary N) is 1. The Labute approximate surface area is 130 Å². The summed E-state index contributed by atoms with van der Waals surface area (Å²) in [5.74, 6) is 1.10. The number of rotatable bonds is 9. The molecule has 0 bridgehead atoms. The normalized spacial score (nSPS) is 12.4. The predicted octanol–water partition coefficient (Wildman–Crippen LogP) is 5.27. The molecule has 0 heterocycles. The van der Waals surface area contributed by atoms with E-state index in [1.807, 2.05) is 11.8 Å². The molecule has 1 unspecified atom stereocenters. The van der Waals surface area contributed by atoms with E-state index in [4.69, 9.17) is 0 Å². The van der Waals surface area contributed by atoms with Gasteiger partial charge in [0.15, 0.2) is 0 Å². The molecule has 1 aromatic carbocycles. The lowest BCUT2D eigenvalue weighted by Crippen LogP contribution is -2.32. The first-order valence-corrected chi connectivity index (χ1v) is 8.72. The summed E-state index contributed by atoms with van der Waals surface area (Å²) in [5, 5.41) is 3.63. The molecule has 0 radical (unpaired) electrons. The van der Waals surface area contributed by atoms with Gasteiger partial charge in [-0.3, -0.25) is 0 Å². The summed E-state index contributed by atoms with van der Waals surface area (Å²) in [6.07, 6.45) is 3.34. The van der Waals surface area contributed by atoms with Gasteiger partial charge in [-0.2, -0.15) is 0 Å². The maximum atomic E-state index is 4.13. The molecule has 1 N–H and O–H groups in total. The van der Waals surface area contributed by atoms with Gasteiger partial charge in [-0.1, -0.05) is 41.9 Å². The van der Waals surface area contributed by atoms with E-state index in [0.29, 0.717) is 6.04 Å². The highest BCUT2D eigenvalue weighted by Gasteiger charge is 2.09. The van der Waals surface area contributed by atoms with E-state index < -0.39 is 0 Å². The number of thioether (sulfide) groups is 1. The molecule has 1 rings (SSSR count). The second kappa shape index (κ2) is 9.62. The number of benzene rings is 1. The zero-order chi connectivity index (χ0) is 14.1. The van der Waals surface area contributed by atoms with Crippen LogP contribution in [0.2, 0.25) is 0 Å². The van der Waals surface area contributed by atoms with Crippen molar-refractivity contribution >= 4 is 27.7 Å². The summed E-state index contributed by atoms with van der Waals surface area (Å²) in [6.45, 7) is 9.61. The van der Waals surface area contributed by atoms with Gasteiger partial charge >= 0.3 is 0 Å². The fourth-order valence-electron chi connectivity index (χ4n) is 1.76. The molecule has 0 spiro atoms. The monoisotopic (exact) mass is 341 g/mol. The third-order valence-electron chi connectivity index (χ3n) is 2.98. The molecule has 0 aromatic heterocycles. The fraction of sp³-hybridized carbons (Fsp3) is 0.500. The topological polar surface area (TPSA) is 12.0 Å². The van der Waals surface area contributed by atoms with Gasteiger partial charge in [0.25, 0.3) is 0 Å². The van der Waals surface area contributed by atoms with Gasteiger partial charge in [0.05, 0.1) is 0 Å². The SMILES string of the molecule is C=C(CC)CC(CSc1ccc(Br)cc1)NCCC. The minimum atomic E-state index is 0.529. The number of hydrogen-bond acceptors (Lipinski definition) is 2. The Bertz CT molecular complexity index is 375. The number of hydrogen-bond donors (Lipinski definition) is 1. The van der Waals surface area contributed by atoms with E-state index in [1.165, 1.54) is 16.9 Å². The lowest BCUT2D eigenvalue weighted by molar-refractivity contribution is 0.544. The largest absolute Gasteiger partial charge is 0.313 e. The smallest absolute Gasteiger partial charge is 0.0198 e. The van der Waals surface area contributed by atoms with Crippen molar-refractivity contribution in [2.45, 2.75) is 44.0 Å². The minimum Gasteiger partial charge on any atom is -0.313 e. The van der Waals surface area contributed by atoms with E-state index in [9.17, 15) is 0 Å². The first-order chi connectivity index (χ1) is 9.15. The summed E-state index contributed by atoms with van der Waals surface area (Å²) >= 11 is 5.38. The van der Waals surface area contributed by atoms with E-state index >= 15 is 0 Å². The zero-order valence-electron chi connectivity index (χ0n) is 11.9. The Balaban J connectivity index is 2.46. The maximum Gasteiger partial charge on any atom is 0.0198 e. The Morgan fingerprint density at radius 1 is 1.32 bits per heavy atom. The van der Waals surface area contributed by atoms with Crippen molar-refractivity contribution in [3.05, 3.63) is 40.9 Å². The van der Waals surface area contributed by atoms with Crippen LogP contribution in [0.3, 0.4) is 0 Å². The molecule has 3 heteroatoms. The molecular weight excluding hydrogens is 318 g/mol. The van der Waals surface area contributed by atoms with Crippen LogP contribution in [0.1, 0.15) is 33.1 Å². The molecule has 0 amide bonds. The van der Waals surface area contributed by atoms with Crippen LogP contribution in [0.4, 0.5) is 0 Å². The Morgan fingerprint density at radius 3 is 2.58 bits per heavy atom. The highest BCUT2D eigenvalue weighted by atomic mass is 79.9. The average molecular weight is 342 g/mol. The summed E-state index contributed by atoms with van der Waals surface area (Å²) < 4.78 is 1.14.